The van der Waals surface area contributed by atoms with Crippen molar-refractivity contribution in [1.82, 2.24) is 14.7 Å². The van der Waals surface area contributed by atoms with Gasteiger partial charge in [-0.05, 0) is 62.4 Å². The van der Waals surface area contributed by atoms with Gasteiger partial charge in [-0.2, -0.15) is 10.2 Å². The predicted octanol–water partition coefficient (Wildman–Crippen LogP) is 4.98. The van der Waals surface area contributed by atoms with Crippen LogP contribution < -0.4 is 4.74 Å². The maximum atomic E-state index is 11.3. The number of benzene rings is 2. The molecule has 0 saturated carbocycles. The standard InChI is InChI=1S/C25H22N4O4/c1-14(2)32-22-8-5-17(9-18(22)13-26)25-27-24(28-33-25)16-4-3-15-10-19-6-7-20(12-23(30)31)29(19)21(15)11-16/h3-5,8-11,14,20H,6-7,12H2,1-2H3,(H,30,31). The number of ether oxygens (including phenoxy) is 1. The summed E-state index contributed by atoms with van der Waals surface area (Å²) in [5.74, 6) is 0.452. The van der Waals surface area contributed by atoms with Gasteiger partial charge in [0.15, 0.2) is 0 Å². The molecule has 0 saturated heterocycles. The van der Waals surface area contributed by atoms with E-state index in [1.165, 1.54) is 0 Å². The van der Waals surface area contributed by atoms with E-state index in [2.05, 4.69) is 26.8 Å². The molecule has 1 atom stereocenters. The highest BCUT2D eigenvalue weighted by Gasteiger charge is 2.26. The third-order valence-corrected chi connectivity index (χ3v) is 5.82. The number of aromatic nitrogens is 3. The maximum absolute atomic E-state index is 11.3. The highest BCUT2D eigenvalue weighted by atomic mass is 16.5. The largest absolute Gasteiger partial charge is 0.490 e. The van der Waals surface area contributed by atoms with Gasteiger partial charge in [-0.1, -0.05) is 17.3 Å². The van der Waals surface area contributed by atoms with Gasteiger partial charge in [0.25, 0.3) is 5.89 Å². The molecule has 0 spiro atoms. The summed E-state index contributed by atoms with van der Waals surface area (Å²) in [6, 6.07) is 15.3. The molecule has 1 aliphatic heterocycles. The first-order valence-corrected chi connectivity index (χ1v) is 10.8. The van der Waals surface area contributed by atoms with Gasteiger partial charge in [0.2, 0.25) is 5.82 Å². The zero-order valence-corrected chi connectivity index (χ0v) is 18.3. The van der Waals surface area contributed by atoms with Gasteiger partial charge in [0.05, 0.1) is 18.1 Å². The minimum Gasteiger partial charge on any atom is -0.490 e. The fourth-order valence-corrected chi connectivity index (χ4v) is 4.44. The van der Waals surface area contributed by atoms with Crippen LogP contribution in [0.25, 0.3) is 33.7 Å². The predicted molar refractivity (Wildman–Crippen MR) is 121 cm³/mol. The van der Waals surface area contributed by atoms with Gasteiger partial charge in [0.1, 0.15) is 11.8 Å². The molecular formula is C25H22N4O4. The number of aliphatic carboxylic acids is 1. The summed E-state index contributed by atoms with van der Waals surface area (Å²) in [6.07, 6.45) is 1.75. The quantitative estimate of drug-likeness (QED) is 0.448. The lowest BCUT2D eigenvalue weighted by atomic mass is 10.1. The molecule has 0 fully saturated rings. The average molecular weight is 442 g/mol. The highest BCUT2D eigenvalue weighted by molar-refractivity contribution is 5.86. The molecule has 0 bridgehead atoms. The van der Waals surface area contributed by atoms with E-state index in [1.54, 1.807) is 18.2 Å². The molecule has 4 aromatic rings. The van der Waals surface area contributed by atoms with E-state index < -0.39 is 5.97 Å². The fourth-order valence-electron chi connectivity index (χ4n) is 4.44. The van der Waals surface area contributed by atoms with Gasteiger partial charge in [-0.3, -0.25) is 4.79 Å². The van der Waals surface area contributed by atoms with Crippen LogP contribution in [0.1, 0.15) is 44.0 Å². The van der Waals surface area contributed by atoms with Crippen LogP contribution in [0.2, 0.25) is 0 Å². The van der Waals surface area contributed by atoms with Crippen LogP contribution in [0.5, 0.6) is 5.75 Å². The van der Waals surface area contributed by atoms with Gasteiger partial charge >= 0.3 is 5.97 Å². The van der Waals surface area contributed by atoms with E-state index >= 15 is 0 Å². The average Bonchev–Trinajstić information content (AvgIpc) is 3.49. The molecule has 8 heteroatoms. The molecule has 2 aromatic carbocycles. The molecular weight excluding hydrogens is 420 g/mol. The normalized spacial score (nSPS) is 15.0. The van der Waals surface area contributed by atoms with Crippen LogP contribution >= 0.6 is 0 Å². The number of aryl methyl sites for hydroxylation is 1. The number of carbonyl (C=O) groups is 1. The first-order valence-electron chi connectivity index (χ1n) is 10.8. The van der Waals surface area contributed by atoms with Crippen molar-refractivity contribution >= 4 is 16.9 Å². The maximum Gasteiger partial charge on any atom is 0.305 e. The monoisotopic (exact) mass is 442 g/mol. The van der Waals surface area contributed by atoms with Crippen molar-refractivity contribution in [2.45, 2.75) is 45.3 Å². The molecule has 5 rings (SSSR count). The summed E-state index contributed by atoms with van der Waals surface area (Å²) in [7, 11) is 0. The number of nitriles is 1. The second-order valence-electron chi connectivity index (χ2n) is 8.48. The Morgan fingerprint density at radius 3 is 2.85 bits per heavy atom. The van der Waals surface area contributed by atoms with E-state index in [-0.39, 0.29) is 18.6 Å². The molecule has 166 valence electrons. The number of nitrogens with zero attached hydrogens (tertiary/aromatic N) is 4. The summed E-state index contributed by atoms with van der Waals surface area (Å²) in [5.41, 5.74) is 3.93. The van der Waals surface area contributed by atoms with Crippen molar-refractivity contribution in [1.29, 1.82) is 5.26 Å². The minimum absolute atomic E-state index is 0.0431. The van der Waals surface area contributed by atoms with Crippen molar-refractivity contribution in [2.24, 2.45) is 0 Å². The summed E-state index contributed by atoms with van der Waals surface area (Å²) in [4.78, 5) is 15.8. The summed E-state index contributed by atoms with van der Waals surface area (Å²) < 4.78 is 13.3. The van der Waals surface area contributed by atoms with Gasteiger partial charge in [0, 0.05) is 28.4 Å². The van der Waals surface area contributed by atoms with Crippen LogP contribution in [-0.4, -0.2) is 31.9 Å². The second kappa shape index (κ2) is 8.10. The first kappa shape index (κ1) is 20.8. The number of fused-ring (bicyclic) bond motifs is 3. The molecule has 2 aromatic heterocycles. The SMILES string of the molecule is CC(C)Oc1ccc(-c2nc(-c3ccc4cc5n(c4c3)C(CC(=O)O)CC5)no2)cc1C#N. The Balaban J connectivity index is 1.49. The Morgan fingerprint density at radius 2 is 2.09 bits per heavy atom. The third kappa shape index (κ3) is 3.82. The van der Waals surface area contributed by atoms with Crippen LogP contribution in [0, 0.1) is 11.3 Å². The molecule has 1 unspecified atom stereocenters. The summed E-state index contributed by atoms with van der Waals surface area (Å²) >= 11 is 0. The Labute approximate surface area is 190 Å². The second-order valence-corrected chi connectivity index (χ2v) is 8.48. The number of rotatable bonds is 6. The van der Waals surface area contributed by atoms with Crippen molar-refractivity contribution < 1.29 is 19.2 Å². The lowest BCUT2D eigenvalue weighted by Crippen LogP contribution is -2.09. The number of carboxylic acid groups (broad SMARTS) is 1. The summed E-state index contributed by atoms with van der Waals surface area (Å²) in [6.45, 7) is 3.81. The Morgan fingerprint density at radius 1 is 1.27 bits per heavy atom. The Hall–Kier alpha value is -4.12. The van der Waals surface area contributed by atoms with E-state index in [1.807, 2.05) is 32.0 Å². The topological polar surface area (TPSA) is 114 Å². The summed E-state index contributed by atoms with van der Waals surface area (Å²) in [5, 5.41) is 24.0. The third-order valence-electron chi connectivity index (χ3n) is 5.82. The smallest absolute Gasteiger partial charge is 0.305 e. The Bertz CT molecular complexity index is 1410. The zero-order valence-electron chi connectivity index (χ0n) is 18.3. The molecule has 0 amide bonds. The van der Waals surface area contributed by atoms with Gasteiger partial charge in [-0.25, -0.2) is 0 Å². The first-order chi connectivity index (χ1) is 15.9. The molecule has 1 N–H and O–H groups in total. The molecule has 0 aliphatic carbocycles. The van der Waals surface area contributed by atoms with Crippen molar-refractivity contribution in [3.05, 3.63) is 53.7 Å². The number of hydrogen-bond acceptors (Lipinski definition) is 6. The Kier molecular flexibility index (Phi) is 5.09. The number of hydrogen-bond donors (Lipinski definition) is 1. The lowest BCUT2D eigenvalue weighted by Gasteiger charge is -2.13. The van der Waals surface area contributed by atoms with Crippen LogP contribution in [0.3, 0.4) is 0 Å². The van der Waals surface area contributed by atoms with Gasteiger partial charge in [-0.15, -0.1) is 0 Å². The molecule has 33 heavy (non-hydrogen) atoms. The van der Waals surface area contributed by atoms with E-state index in [0.717, 1.165) is 35.0 Å². The van der Waals surface area contributed by atoms with E-state index in [4.69, 9.17) is 9.26 Å². The van der Waals surface area contributed by atoms with Crippen molar-refractivity contribution in [3.63, 3.8) is 0 Å². The van der Waals surface area contributed by atoms with Crippen LogP contribution in [-0.2, 0) is 11.2 Å². The fraction of sp³-hybridized carbons (Fsp3) is 0.280. The van der Waals surface area contributed by atoms with Crippen molar-refractivity contribution in [3.8, 4) is 34.7 Å². The molecule has 0 radical (unpaired) electrons. The lowest BCUT2D eigenvalue weighted by molar-refractivity contribution is -0.137. The van der Waals surface area contributed by atoms with Crippen LogP contribution in [0.4, 0.5) is 0 Å². The molecule has 3 heterocycles. The van der Waals surface area contributed by atoms with E-state index in [0.29, 0.717) is 28.6 Å². The van der Waals surface area contributed by atoms with Crippen LogP contribution in [0.15, 0.2) is 47.0 Å². The minimum atomic E-state index is -0.796. The van der Waals surface area contributed by atoms with Gasteiger partial charge < -0.3 is 18.9 Å². The molecule has 8 nitrogen and oxygen atoms in total. The number of carboxylic acids is 1. The zero-order chi connectivity index (χ0) is 23.1. The van der Waals surface area contributed by atoms with Crippen molar-refractivity contribution in [2.75, 3.05) is 0 Å². The highest BCUT2D eigenvalue weighted by Crippen LogP contribution is 2.37. The molecule has 1 aliphatic rings. The van der Waals surface area contributed by atoms with E-state index in [9.17, 15) is 15.2 Å².